The number of nitrogens with two attached hydrogens (primary N) is 1. The summed E-state index contributed by atoms with van der Waals surface area (Å²) in [5, 5.41) is 5.21. The Morgan fingerprint density at radius 1 is 1.57 bits per heavy atom. The van der Waals surface area contributed by atoms with Gasteiger partial charge in [0, 0.05) is 22.5 Å². The third-order valence-corrected chi connectivity index (χ3v) is 3.87. The van der Waals surface area contributed by atoms with Gasteiger partial charge in [0.2, 0.25) is 0 Å². The average molecular weight is 308 g/mol. The molecule has 21 heavy (non-hydrogen) atoms. The maximum absolute atomic E-state index is 11.9. The standard InChI is InChI=1S/C13H16N4O3S/c1-2-20-12(18)8-5-16-13(19)17-10(8)7-21-11-3-4-15-6-9(11)14/h3-4,6H,2,5,7,14H2,1H3,(H2,16,17,19). The first-order valence-electron chi connectivity index (χ1n) is 6.38. The van der Waals surface area contributed by atoms with E-state index in [0.717, 1.165) is 4.90 Å². The lowest BCUT2D eigenvalue weighted by Gasteiger charge is -2.21. The molecule has 1 aromatic rings. The molecule has 0 atom stereocenters. The lowest BCUT2D eigenvalue weighted by atomic mass is 10.2. The first kappa shape index (κ1) is 15.2. The number of thioether (sulfide) groups is 1. The van der Waals surface area contributed by atoms with Crippen LogP contribution >= 0.6 is 11.8 Å². The largest absolute Gasteiger partial charge is 0.463 e. The van der Waals surface area contributed by atoms with E-state index in [9.17, 15) is 9.59 Å². The van der Waals surface area contributed by atoms with Gasteiger partial charge < -0.3 is 21.1 Å². The Morgan fingerprint density at radius 2 is 2.38 bits per heavy atom. The fourth-order valence-electron chi connectivity index (χ4n) is 1.74. The van der Waals surface area contributed by atoms with E-state index in [-0.39, 0.29) is 19.2 Å². The van der Waals surface area contributed by atoms with Crippen LogP contribution in [0.1, 0.15) is 6.92 Å². The number of aromatic nitrogens is 1. The first-order chi connectivity index (χ1) is 10.1. The molecule has 0 saturated heterocycles. The van der Waals surface area contributed by atoms with Gasteiger partial charge in [-0.2, -0.15) is 0 Å². The van der Waals surface area contributed by atoms with Crippen molar-refractivity contribution in [2.45, 2.75) is 11.8 Å². The predicted molar refractivity (Wildman–Crippen MR) is 79.6 cm³/mol. The average Bonchev–Trinajstić information content (AvgIpc) is 2.46. The molecule has 1 aromatic heterocycles. The molecule has 1 aliphatic rings. The second-order valence-electron chi connectivity index (χ2n) is 4.19. The summed E-state index contributed by atoms with van der Waals surface area (Å²) in [4.78, 5) is 28.1. The number of nitrogen functional groups attached to an aromatic ring is 1. The van der Waals surface area contributed by atoms with Crippen molar-refractivity contribution in [3.63, 3.8) is 0 Å². The Hall–Kier alpha value is -2.22. The monoisotopic (exact) mass is 308 g/mol. The fraction of sp³-hybridized carbons (Fsp3) is 0.308. The summed E-state index contributed by atoms with van der Waals surface area (Å²) in [5.41, 5.74) is 7.34. The van der Waals surface area contributed by atoms with Crippen LogP contribution in [0.2, 0.25) is 0 Å². The number of esters is 1. The number of nitrogens with one attached hydrogen (secondary N) is 2. The Bertz CT molecular complexity index is 589. The van der Waals surface area contributed by atoms with Gasteiger partial charge >= 0.3 is 12.0 Å². The highest BCUT2D eigenvalue weighted by molar-refractivity contribution is 7.99. The van der Waals surface area contributed by atoms with Crippen molar-refractivity contribution >= 4 is 29.4 Å². The summed E-state index contributed by atoms with van der Waals surface area (Å²) in [6.07, 6.45) is 3.20. The van der Waals surface area contributed by atoms with E-state index >= 15 is 0 Å². The number of carbonyl (C=O) groups is 2. The second-order valence-corrected chi connectivity index (χ2v) is 5.20. The lowest BCUT2D eigenvalue weighted by molar-refractivity contribution is -0.138. The van der Waals surface area contributed by atoms with Crippen molar-refractivity contribution in [3.05, 3.63) is 29.7 Å². The molecular formula is C13H16N4O3S. The number of hydrogen-bond donors (Lipinski definition) is 3. The molecule has 2 rings (SSSR count). The third-order valence-electron chi connectivity index (χ3n) is 2.76. The number of hydrogen-bond acceptors (Lipinski definition) is 6. The van der Waals surface area contributed by atoms with E-state index in [4.69, 9.17) is 10.5 Å². The molecule has 7 nitrogen and oxygen atoms in total. The van der Waals surface area contributed by atoms with Crippen molar-refractivity contribution in [2.24, 2.45) is 0 Å². The van der Waals surface area contributed by atoms with Gasteiger partial charge in [0.25, 0.3) is 0 Å². The smallest absolute Gasteiger partial charge is 0.337 e. The normalized spacial score (nSPS) is 14.4. The van der Waals surface area contributed by atoms with Crippen LogP contribution < -0.4 is 16.4 Å². The van der Waals surface area contributed by atoms with Gasteiger partial charge in [0.1, 0.15) is 0 Å². The SMILES string of the molecule is CCOC(=O)C1=C(CSc2ccncc2N)NC(=O)NC1. The number of rotatable bonds is 5. The molecule has 4 N–H and O–H groups in total. The molecule has 0 unspecified atom stereocenters. The minimum Gasteiger partial charge on any atom is -0.463 e. The number of urea groups is 1. The summed E-state index contributed by atoms with van der Waals surface area (Å²) in [6, 6.07) is 1.45. The molecule has 0 aromatic carbocycles. The number of ether oxygens (including phenoxy) is 1. The predicted octanol–water partition coefficient (Wildman–Crippen LogP) is 0.886. The molecule has 0 spiro atoms. The van der Waals surface area contributed by atoms with Gasteiger partial charge in [-0.3, -0.25) is 4.98 Å². The summed E-state index contributed by atoms with van der Waals surface area (Å²) in [6.45, 7) is 2.18. The number of nitrogens with zero attached hydrogens (tertiary/aromatic N) is 1. The molecule has 0 radical (unpaired) electrons. The topological polar surface area (TPSA) is 106 Å². The van der Waals surface area contributed by atoms with Gasteiger partial charge in [-0.1, -0.05) is 0 Å². The molecule has 112 valence electrons. The van der Waals surface area contributed by atoms with Crippen molar-refractivity contribution in [3.8, 4) is 0 Å². The minimum atomic E-state index is -0.427. The quantitative estimate of drug-likeness (QED) is 0.551. The van der Waals surface area contributed by atoms with Crippen LogP contribution in [0.25, 0.3) is 0 Å². The molecule has 1 aliphatic heterocycles. The van der Waals surface area contributed by atoms with E-state index in [1.165, 1.54) is 11.8 Å². The highest BCUT2D eigenvalue weighted by Crippen LogP contribution is 2.26. The summed E-state index contributed by atoms with van der Waals surface area (Å²) in [5.74, 6) is -0.0150. The third kappa shape index (κ3) is 3.88. The Kier molecular flexibility index (Phi) is 5.04. The summed E-state index contributed by atoms with van der Waals surface area (Å²) < 4.78 is 4.99. The molecule has 0 bridgehead atoms. The van der Waals surface area contributed by atoms with Crippen molar-refractivity contribution in [2.75, 3.05) is 24.6 Å². The number of amides is 2. The fourth-order valence-corrected chi connectivity index (χ4v) is 2.67. The highest BCUT2D eigenvalue weighted by atomic mass is 32.2. The zero-order valence-corrected chi connectivity index (χ0v) is 12.3. The molecule has 0 fully saturated rings. The number of carbonyl (C=O) groups excluding carboxylic acids is 2. The maximum Gasteiger partial charge on any atom is 0.337 e. The maximum atomic E-state index is 11.9. The van der Waals surface area contributed by atoms with Crippen LogP contribution in [0, 0.1) is 0 Å². The number of pyridine rings is 1. The van der Waals surface area contributed by atoms with E-state index < -0.39 is 5.97 Å². The molecule has 0 saturated carbocycles. The van der Waals surface area contributed by atoms with Crippen LogP contribution in [0.3, 0.4) is 0 Å². The van der Waals surface area contributed by atoms with Crippen molar-refractivity contribution in [1.82, 2.24) is 15.6 Å². The zero-order chi connectivity index (χ0) is 15.2. The Morgan fingerprint density at radius 3 is 3.10 bits per heavy atom. The molecule has 2 amide bonds. The molecule has 0 aliphatic carbocycles. The van der Waals surface area contributed by atoms with Crippen LogP contribution in [-0.4, -0.2) is 35.9 Å². The highest BCUT2D eigenvalue weighted by Gasteiger charge is 2.23. The van der Waals surface area contributed by atoms with E-state index in [1.807, 2.05) is 0 Å². The van der Waals surface area contributed by atoms with Crippen LogP contribution in [0.15, 0.2) is 34.6 Å². The van der Waals surface area contributed by atoms with E-state index in [0.29, 0.717) is 22.7 Å². The number of anilines is 1. The van der Waals surface area contributed by atoms with Gasteiger partial charge in [0.15, 0.2) is 0 Å². The summed E-state index contributed by atoms with van der Waals surface area (Å²) >= 11 is 1.42. The van der Waals surface area contributed by atoms with Crippen LogP contribution in [-0.2, 0) is 9.53 Å². The summed E-state index contributed by atoms with van der Waals surface area (Å²) in [7, 11) is 0. The zero-order valence-electron chi connectivity index (χ0n) is 11.5. The van der Waals surface area contributed by atoms with Gasteiger partial charge in [0.05, 0.1) is 30.6 Å². The molecule has 2 heterocycles. The van der Waals surface area contributed by atoms with Gasteiger partial charge in [-0.05, 0) is 13.0 Å². The van der Waals surface area contributed by atoms with E-state index in [2.05, 4.69) is 15.6 Å². The van der Waals surface area contributed by atoms with Crippen LogP contribution in [0.4, 0.5) is 10.5 Å². The van der Waals surface area contributed by atoms with Gasteiger partial charge in [-0.15, -0.1) is 11.8 Å². The van der Waals surface area contributed by atoms with Crippen molar-refractivity contribution in [1.29, 1.82) is 0 Å². The molecule has 8 heteroatoms. The van der Waals surface area contributed by atoms with Crippen LogP contribution in [0.5, 0.6) is 0 Å². The minimum absolute atomic E-state index is 0.159. The van der Waals surface area contributed by atoms with E-state index in [1.54, 1.807) is 25.4 Å². The lowest BCUT2D eigenvalue weighted by Crippen LogP contribution is -2.44. The Balaban J connectivity index is 2.14. The first-order valence-corrected chi connectivity index (χ1v) is 7.36. The van der Waals surface area contributed by atoms with Gasteiger partial charge in [-0.25, -0.2) is 9.59 Å². The van der Waals surface area contributed by atoms with Crippen molar-refractivity contribution < 1.29 is 14.3 Å². The molecular weight excluding hydrogens is 292 g/mol. The Labute approximate surface area is 126 Å². The second kappa shape index (κ2) is 6.98.